The lowest BCUT2D eigenvalue weighted by molar-refractivity contribution is -0.193. The molecule has 2 atom stereocenters. The van der Waals surface area contributed by atoms with Gasteiger partial charge in [0, 0.05) is 30.2 Å². The second-order valence-corrected chi connectivity index (χ2v) is 9.73. The Balaban J connectivity index is 0.000000317. The van der Waals surface area contributed by atoms with Crippen LogP contribution in [0, 0.1) is 6.92 Å². The molecule has 2 aliphatic heterocycles. The molecule has 0 radical (unpaired) electrons. The van der Waals surface area contributed by atoms with Crippen molar-refractivity contribution < 1.29 is 55.6 Å². The van der Waals surface area contributed by atoms with Gasteiger partial charge in [0.2, 0.25) is 0 Å². The summed E-state index contributed by atoms with van der Waals surface area (Å²) < 4.78 is 75.8. The number of carboxylic acid groups (broad SMARTS) is 2. The van der Waals surface area contributed by atoms with Gasteiger partial charge in [0.15, 0.2) is 0 Å². The number of hydrogen-bond acceptors (Lipinski definition) is 8. The molecule has 2 N–H and O–H groups in total. The lowest BCUT2D eigenvalue weighted by Crippen LogP contribution is -2.47. The number of alkyl halides is 6. The molecule has 2 aromatic rings. The zero-order chi connectivity index (χ0) is 29.3. The molecule has 0 saturated carbocycles. The maximum atomic E-state index is 10.6. The van der Waals surface area contributed by atoms with E-state index in [1.807, 2.05) is 36.7 Å². The van der Waals surface area contributed by atoms with Crippen molar-refractivity contribution in [3.8, 4) is 0 Å². The van der Waals surface area contributed by atoms with E-state index < -0.39 is 24.3 Å². The number of piperidine rings is 1. The van der Waals surface area contributed by atoms with Crippen molar-refractivity contribution in [2.75, 3.05) is 19.7 Å². The minimum atomic E-state index is -5.08. The van der Waals surface area contributed by atoms with Gasteiger partial charge < -0.3 is 19.7 Å². The van der Waals surface area contributed by atoms with E-state index in [0.29, 0.717) is 13.2 Å². The molecule has 0 unspecified atom stereocenters. The molecule has 2 aromatic heterocycles. The average molecular weight is 588 g/mol. The summed E-state index contributed by atoms with van der Waals surface area (Å²) >= 11 is 1.73. The third-order valence-corrected chi connectivity index (χ3v) is 6.30. The van der Waals surface area contributed by atoms with Crippen molar-refractivity contribution in [1.29, 1.82) is 0 Å². The van der Waals surface area contributed by atoms with Gasteiger partial charge in [-0.15, -0.1) is 11.3 Å². The smallest absolute Gasteiger partial charge is 0.475 e. The number of carboxylic acids is 2. The van der Waals surface area contributed by atoms with E-state index in [2.05, 4.69) is 14.9 Å². The van der Waals surface area contributed by atoms with E-state index in [1.54, 1.807) is 11.3 Å². The molecule has 2 fully saturated rings. The molecule has 0 amide bonds. The maximum Gasteiger partial charge on any atom is 0.490 e. The Morgan fingerprint density at radius 2 is 1.82 bits per heavy atom. The summed E-state index contributed by atoms with van der Waals surface area (Å²) in [5.74, 6) is -5.51. The monoisotopic (exact) mass is 587 g/mol. The molecule has 4 rings (SSSR count). The van der Waals surface area contributed by atoms with E-state index >= 15 is 0 Å². The van der Waals surface area contributed by atoms with Crippen LogP contribution in [0.3, 0.4) is 0 Å². The van der Waals surface area contributed by atoms with Crippen molar-refractivity contribution >= 4 is 23.3 Å². The molecule has 218 valence electrons. The number of rotatable bonds is 5. The number of nitrogens with zero attached hydrogens (tertiary/aromatic N) is 3. The van der Waals surface area contributed by atoms with Crippen molar-refractivity contribution in [2.24, 2.45) is 0 Å². The summed E-state index contributed by atoms with van der Waals surface area (Å²) in [6.07, 6.45) is -4.83. The Kier molecular flexibility index (Phi) is 11.6. The number of hydrogen-bond donors (Lipinski definition) is 2. The number of carbonyl (C=O) groups is 2. The molecule has 2 saturated heterocycles. The summed E-state index contributed by atoms with van der Waals surface area (Å²) in [5.41, 5.74) is 1.99. The zero-order valence-corrected chi connectivity index (χ0v) is 21.5. The van der Waals surface area contributed by atoms with Crippen LogP contribution in [0.5, 0.6) is 0 Å². The van der Waals surface area contributed by atoms with Crippen molar-refractivity contribution in [3.05, 3.63) is 46.2 Å². The number of halogens is 6. The van der Waals surface area contributed by atoms with Crippen LogP contribution in [0.4, 0.5) is 26.3 Å². The third-order valence-electron chi connectivity index (χ3n) is 5.53. The highest BCUT2D eigenvalue weighted by Gasteiger charge is 2.44. The van der Waals surface area contributed by atoms with Crippen LogP contribution in [0.15, 0.2) is 29.8 Å². The molecule has 2 aliphatic rings. The molecule has 0 aromatic carbocycles. The molecular weight excluding hydrogens is 560 g/mol. The van der Waals surface area contributed by atoms with Crippen LogP contribution in [-0.4, -0.2) is 80.8 Å². The Morgan fingerprint density at radius 3 is 2.36 bits per heavy atom. The molecule has 9 nitrogen and oxygen atoms in total. The van der Waals surface area contributed by atoms with Crippen molar-refractivity contribution in [2.45, 2.75) is 63.4 Å². The first-order valence-corrected chi connectivity index (χ1v) is 12.4. The van der Waals surface area contributed by atoms with Crippen molar-refractivity contribution in [1.82, 2.24) is 14.9 Å². The summed E-state index contributed by atoms with van der Waals surface area (Å²) in [5, 5.41) is 17.5. The standard InChI is InChI=1S/C19H25N3O2S.2C2HF3O2/c1-15-4-2-5-16(21-15)12-23-17-10-19(24-13-17)6-3-8-22(14-19)11-18-20-7-9-25-18;2*3-2(4,5)1(6)7/h2,4-5,7,9,17H,3,6,8,10-14H2,1H3;2*(H,6,7)/t17-,19+;;/m1../s1. The van der Waals surface area contributed by atoms with Crippen LogP contribution >= 0.6 is 11.3 Å². The number of thiazole rings is 1. The number of likely N-dealkylation sites (tertiary alicyclic amines) is 1. The van der Waals surface area contributed by atoms with Crippen LogP contribution in [-0.2, 0) is 32.2 Å². The van der Waals surface area contributed by atoms with E-state index in [-0.39, 0.29) is 11.7 Å². The van der Waals surface area contributed by atoms with Gasteiger partial charge in [-0.25, -0.2) is 14.6 Å². The predicted octanol–water partition coefficient (Wildman–Crippen LogP) is 4.45. The van der Waals surface area contributed by atoms with E-state index in [4.69, 9.17) is 29.3 Å². The Bertz CT molecular complexity index is 1050. The minimum absolute atomic E-state index is 0.0415. The minimum Gasteiger partial charge on any atom is -0.475 e. The highest BCUT2D eigenvalue weighted by atomic mass is 32.1. The first-order valence-electron chi connectivity index (χ1n) is 11.5. The van der Waals surface area contributed by atoms with Crippen LogP contribution < -0.4 is 0 Å². The first kappa shape index (κ1) is 32.4. The molecule has 39 heavy (non-hydrogen) atoms. The first-order chi connectivity index (χ1) is 18.1. The van der Waals surface area contributed by atoms with E-state index in [0.717, 1.165) is 43.9 Å². The van der Waals surface area contributed by atoms with Gasteiger partial charge in [-0.3, -0.25) is 9.88 Å². The summed E-state index contributed by atoms with van der Waals surface area (Å²) in [6.45, 7) is 6.31. The van der Waals surface area contributed by atoms with Crippen LogP contribution in [0.1, 0.15) is 35.7 Å². The lowest BCUT2D eigenvalue weighted by Gasteiger charge is -2.39. The topological polar surface area (TPSA) is 122 Å². The number of ether oxygens (including phenoxy) is 2. The molecular formula is C23H27F6N3O6S. The quantitative estimate of drug-likeness (QED) is 0.489. The highest BCUT2D eigenvalue weighted by Crippen LogP contribution is 2.36. The van der Waals surface area contributed by atoms with Gasteiger partial charge in [-0.1, -0.05) is 6.07 Å². The number of pyridine rings is 1. The second kappa shape index (κ2) is 14.0. The largest absolute Gasteiger partial charge is 0.490 e. The fourth-order valence-electron chi connectivity index (χ4n) is 3.92. The number of aryl methyl sites for hydroxylation is 1. The van der Waals surface area contributed by atoms with Gasteiger partial charge in [0.1, 0.15) is 5.01 Å². The number of aromatic nitrogens is 2. The number of aliphatic carboxylic acids is 2. The van der Waals surface area contributed by atoms with Crippen LogP contribution in [0.2, 0.25) is 0 Å². The Morgan fingerprint density at radius 1 is 1.18 bits per heavy atom. The maximum absolute atomic E-state index is 10.6. The molecule has 1 spiro atoms. The second-order valence-electron chi connectivity index (χ2n) is 8.75. The molecule has 0 aliphatic carbocycles. The predicted molar refractivity (Wildman–Crippen MR) is 125 cm³/mol. The third kappa shape index (κ3) is 11.4. The van der Waals surface area contributed by atoms with Gasteiger partial charge in [0.05, 0.1) is 37.2 Å². The lowest BCUT2D eigenvalue weighted by atomic mass is 9.89. The summed E-state index contributed by atoms with van der Waals surface area (Å²) in [6, 6.07) is 6.07. The van der Waals surface area contributed by atoms with Gasteiger partial charge in [-0.05, 0) is 38.4 Å². The zero-order valence-electron chi connectivity index (χ0n) is 20.7. The van der Waals surface area contributed by atoms with E-state index in [1.165, 1.54) is 11.4 Å². The summed E-state index contributed by atoms with van der Waals surface area (Å²) in [7, 11) is 0. The average Bonchev–Trinajstić information content (AvgIpc) is 3.48. The highest BCUT2D eigenvalue weighted by molar-refractivity contribution is 7.09. The van der Waals surface area contributed by atoms with Gasteiger partial charge in [-0.2, -0.15) is 26.3 Å². The molecule has 16 heteroatoms. The van der Waals surface area contributed by atoms with Crippen LogP contribution in [0.25, 0.3) is 0 Å². The fraction of sp³-hybridized carbons (Fsp3) is 0.565. The Hall–Kier alpha value is -2.82. The van der Waals surface area contributed by atoms with Gasteiger partial charge in [0.25, 0.3) is 0 Å². The Labute approximate surface area is 223 Å². The van der Waals surface area contributed by atoms with Crippen molar-refractivity contribution in [3.63, 3.8) is 0 Å². The SMILES string of the molecule is Cc1cccc(CO[C@H]2CO[C@@]3(CCCN(Cc4nccs4)C3)C2)n1.O=C(O)C(F)(F)F.O=C(O)C(F)(F)F. The molecule has 4 heterocycles. The summed E-state index contributed by atoms with van der Waals surface area (Å²) in [4.78, 5) is 29.2. The molecule has 0 bridgehead atoms. The fourth-order valence-corrected chi connectivity index (χ4v) is 4.58. The van der Waals surface area contributed by atoms with E-state index in [9.17, 15) is 26.3 Å². The normalized spacial score (nSPS) is 21.5. The van der Waals surface area contributed by atoms with Gasteiger partial charge >= 0.3 is 24.3 Å².